The van der Waals surface area contributed by atoms with E-state index in [1.54, 1.807) is 6.20 Å². The van der Waals surface area contributed by atoms with E-state index in [0.29, 0.717) is 28.8 Å². The first kappa shape index (κ1) is 13.5. The van der Waals surface area contributed by atoms with Gasteiger partial charge < -0.3 is 5.32 Å². The SMILES string of the molecule is Fc1cc(Br)cnc1CN(C1CCNCC1)C1CC1. The fraction of sp³-hybridized carbons (Fsp3) is 0.643. The standard InChI is InChI=1S/C14H19BrFN3/c15-10-7-13(16)14(18-8-10)9-19(11-1-2-11)12-3-5-17-6-4-12/h7-8,11-12,17H,1-6,9H2. The summed E-state index contributed by atoms with van der Waals surface area (Å²) in [4.78, 5) is 6.72. The molecule has 1 saturated heterocycles. The van der Waals surface area contributed by atoms with Gasteiger partial charge in [-0.1, -0.05) is 0 Å². The number of halogens is 2. The molecule has 1 aromatic rings. The second-order valence-electron chi connectivity index (χ2n) is 5.47. The summed E-state index contributed by atoms with van der Waals surface area (Å²) in [6.45, 7) is 2.79. The Morgan fingerprint density at radius 2 is 1.95 bits per heavy atom. The highest BCUT2D eigenvalue weighted by molar-refractivity contribution is 9.10. The van der Waals surface area contributed by atoms with Gasteiger partial charge in [-0.05, 0) is 60.8 Å². The van der Waals surface area contributed by atoms with Gasteiger partial charge in [0.05, 0.1) is 5.69 Å². The lowest BCUT2D eigenvalue weighted by atomic mass is 10.0. The van der Waals surface area contributed by atoms with Crippen LogP contribution in [0.2, 0.25) is 0 Å². The van der Waals surface area contributed by atoms with Crippen LogP contribution in [0.15, 0.2) is 16.7 Å². The molecular weight excluding hydrogens is 309 g/mol. The molecule has 0 radical (unpaired) electrons. The van der Waals surface area contributed by atoms with Crippen LogP contribution in [0.25, 0.3) is 0 Å². The summed E-state index contributed by atoms with van der Waals surface area (Å²) < 4.78 is 14.6. The van der Waals surface area contributed by atoms with Gasteiger partial charge in [0, 0.05) is 29.3 Å². The number of hydrogen-bond acceptors (Lipinski definition) is 3. The smallest absolute Gasteiger partial charge is 0.147 e. The molecule has 2 fully saturated rings. The molecule has 2 heterocycles. The van der Waals surface area contributed by atoms with Gasteiger partial charge in [-0.2, -0.15) is 0 Å². The Bertz CT molecular complexity index is 444. The summed E-state index contributed by atoms with van der Waals surface area (Å²) in [5.41, 5.74) is 0.577. The number of hydrogen-bond donors (Lipinski definition) is 1. The average molecular weight is 328 g/mol. The maximum Gasteiger partial charge on any atom is 0.147 e. The summed E-state index contributed by atoms with van der Waals surface area (Å²) in [7, 11) is 0. The van der Waals surface area contributed by atoms with E-state index in [-0.39, 0.29) is 5.82 Å². The molecule has 0 spiro atoms. The second kappa shape index (κ2) is 5.85. The van der Waals surface area contributed by atoms with Crippen molar-refractivity contribution in [3.63, 3.8) is 0 Å². The molecule has 2 aliphatic rings. The van der Waals surface area contributed by atoms with Gasteiger partial charge in [0.15, 0.2) is 0 Å². The first-order chi connectivity index (χ1) is 9.24. The molecule has 1 N–H and O–H groups in total. The number of piperidine rings is 1. The van der Waals surface area contributed by atoms with Crippen LogP contribution >= 0.6 is 15.9 Å². The highest BCUT2D eigenvalue weighted by Gasteiger charge is 2.35. The maximum atomic E-state index is 13.9. The van der Waals surface area contributed by atoms with Crippen LogP contribution in [0.4, 0.5) is 4.39 Å². The van der Waals surface area contributed by atoms with Crippen LogP contribution in [0.5, 0.6) is 0 Å². The molecule has 1 aliphatic heterocycles. The van der Waals surface area contributed by atoms with Crippen molar-refractivity contribution in [3.05, 3.63) is 28.2 Å². The molecule has 0 bridgehead atoms. The molecule has 5 heteroatoms. The van der Waals surface area contributed by atoms with E-state index < -0.39 is 0 Å². The Morgan fingerprint density at radius 1 is 1.26 bits per heavy atom. The van der Waals surface area contributed by atoms with E-state index in [1.807, 2.05) is 0 Å². The Hall–Kier alpha value is -0.520. The van der Waals surface area contributed by atoms with Gasteiger partial charge >= 0.3 is 0 Å². The van der Waals surface area contributed by atoms with E-state index in [4.69, 9.17) is 0 Å². The van der Waals surface area contributed by atoms with Crippen molar-refractivity contribution in [1.29, 1.82) is 0 Å². The predicted octanol–water partition coefficient (Wildman–Crippen LogP) is 2.70. The third-order valence-electron chi connectivity index (χ3n) is 4.01. The molecule has 0 unspecified atom stereocenters. The minimum atomic E-state index is -0.200. The lowest BCUT2D eigenvalue weighted by molar-refractivity contribution is 0.141. The Morgan fingerprint density at radius 3 is 2.58 bits per heavy atom. The van der Waals surface area contributed by atoms with E-state index in [0.717, 1.165) is 25.9 Å². The Balaban J connectivity index is 1.73. The van der Waals surface area contributed by atoms with Crippen molar-refractivity contribution in [2.75, 3.05) is 13.1 Å². The van der Waals surface area contributed by atoms with Gasteiger partial charge in [0.1, 0.15) is 5.82 Å². The van der Waals surface area contributed by atoms with E-state index in [1.165, 1.54) is 18.9 Å². The zero-order valence-corrected chi connectivity index (χ0v) is 12.5. The minimum Gasteiger partial charge on any atom is -0.317 e. The number of nitrogens with one attached hydrogen (secondary N) is 1. The summed E-state index contributed by atoms with van der Waals surface area (Å²) >= 11 is 3.26. The zero-order chi connectivity index (χ0) is 13.2. The van der Waals surface area contributed by atoms with Crippen molar-refractivity contribution in [2.45, 2.75) is 44.3 Å². The average Bonchev–Trinajstić information content (AvgIpc) is 3.23. The molecule has 19 heavy (non-hydrogen) atoms. The van der Waals surface area contributed by atoms with E-state index in [9.17, 15) is 4.39 Å². The molecule has 104 valence electrons. The molecule has 1 saturated carbocycles. The van der Waals surface area contributed by atoms with Gasteiger partial charge in [-0.3, -0.25) is 9.88 Å². The quantitative estimate of drug-likeness (QED) is 0.921. The Kier molecular flexibility index (Phi) is 4.15. The van der Waals surface area contributed by atoms with Crippen molar-refractivity contribution >= 4 is 15.9 Å². The molecule has 3 nitrogen and oxygen atoms in total. The summed E-state index contributed by atoms with van der Waals surface area (Å²) in [5, 5.41) is 3.39. The number of aromatic nitrogens is 1. The highest BCUT2D eigenvalue weighted by atomic mass is 79.9. The van der Waals surface area contributed by atoms with Crippen LogP contribution < -0.4 is 5.32 Å². The van der Waals surface area contributed by atoms with E-state index >= 15 is 0 Å². The first-order valence-corrected chi connectivity index (χ1v) is 7.80. The van der Waals surface area contributed by atoms with Crippen molar-refractivity contribution < 1.29 is 4.39 Å². The summed E-state index contributed by atoms with van der Waals surface area (Å²) in [5.74, 6) is -0.200. The predicted molar refractivity (Wildman–Crippen MR) is 76.4 cm³/mol. The Labute approximate surface area is 121 Å². The van der Waals surface area contributed by atoms with Gasteiger partial charge in [0.25, 0.3) is 0 Å². The molecule has 1 aromatic heterocycles. The van der Waals surface area contributed by atoms with Gasteiger partial charge in [-0.25, -0.2) is 4.39 Å². The number of nitrogens with zero attached hydrogens (tertiary/aromatic N) is 2. The van der Waals surface area contributed by atoms with Crippen LogP contribution in [0.3, 0.4) is 0 Å². The van der Waals surface area contributed by atoms with Crippen LogP contribution in [0.1, 0.15) is 31.4 Å². The first-order valence-electron chi connectivity index (χ1n) is 7.00. The van der Waals surface area contributed by atoms with E-state index in [2.05, 4.69) is 31.1 Å². The monoisotopic (exact) mass is 327 g/mol. The fourth-order valence-electron chi connectivity index (χ4n) is 2.83. The lowest BCUT2D eigenvalue weighted by Crippen LogP contribution is -2.44. The molecule has 0 aromatic carbocycles. The molecule has 0 amide bonds. The highest BCUT2D eigenvalue weighted by Crippen LogP contribution is 2.32. The minimum absolute atomic E-state index is 0.200. The van der Waals surface area contributed by atoms with Crippen molar-refractivity contribution in [1.82, 2.24) is 15.2 Å². The van der Waals surface area contributed by atoms with Crippen LogP contribution in [-0.2, 0) is 6.54 Å². The largest absolute Gasteiger partial charge is 0.317 e. The van der Waals surface area contributed by atoms with Gasteiger partial charge in [0.2, 0.25) is 0 Å². The number of rotatable bonds is 4. The zero-order valence-electron chi connectivity index (χ0n) is 10.9. The molecule has 0 atom stereocenters. The normalized spacial score (nSPS) is 21.0. The molecule has 3 rings (SSSR count). The maximum absolute atomic E-state index is 13.9. The topological polar surface area (TPSA) is 28.2 Å². The number of pyridine rings is 1. The molecular formula is C14H19BrFN3. The lowest BCUT2D eigenvalue weighted by Gasteiger charge is -2.34. The third kappa shape index (κ3) is 3.33. The van der Waals surface area contributed by atoms with Gasteiger partial charge in [-0.15, -0.1) is 0 Å². The van der Waals surface area contributed by atoms with Crippen LogP contribution in [0, 0.1) is 5.82 Å². The van der Waals surface area contributed by atoms with Crippen LogP contribution in [-0.4, -0.2) is 35.1 Å². The third-order valence-corrected chi connectivity index (χ3v) is 4.44. The summed E-state index contributed by atoms with van der Waals surface area (Å²) in [6, 6.07) is 2.74. The summed E-state index contributed by atoms with van der Waals surface area (Å²) in [6.07, 6.45) is 6.51. The van der Waals surface area contributed by atoms with Crippen molar-refractivity contribution in [3.8, 4) is 0 Å². The van der Waals surface area contributed by atoms with Crippen molar-refractivity contribution in [2.24, 2.45) is 0 Å². The second-order valence-corrected chi connectivity index (χ2v) is 6.38. The molecule has 1 aliphatic carbocycles. The fourth-order valence-corrected chi connectivity index (χ4v) is 3.14.